The molecule has 1 fully saturated rings. The molecule has 1 N–H and O–H groups in total. The highest BCUT2D eigenvalue weighted by molar-refractivity contribution is 6.61. The third kappa shape index (κ3) is 2.75. The SMILES string of the molecule is O=C(c1ccn(-c2ccc3c(c2)B(O)OC3)c1)C1CCCCC1. The minimum atomic E-state index is -0.844. The molecule has 1 aromatic heterocycles. The Labute approximate surface area is 136 Å². The highest BCUT2D eigenvalue weighted by atomic mass is 16.5. The number of aromatic nitrogens is 1. The first kappa shape index (κ1) is 14.7. The molecule has 4 nitrogen and oxygen atoms in total. The quantitative estimate of drug-likeness (QED) is 0.700. The van der Waals surface area contributed by atoms with Gasteiger partial charge in [-0.2, -0.15) is 0 Å². The van der Waals surface area contributed by atoms with Crippen molar-refractivity contribution in [2.75, 3.05) is 0 Å². The van der Waals surface area contributed by atoms with E-state index in [1.807, 2.05) is 41.2 Å². The summed E-state index contributed by atoms with van der Waals surface area (Å²) in [5.74, 6) is 0.461. The van der Waals surface area contributed by atoms with Gasteiger partial charge in [0.1, 0.15) is 0 Å². The molecule has 2 heterocycles. The molecule has 0 amide bonds. The summed E-state index contributed by atoms with van der Waals surface area (Å²) in [6.07, 6.45) is 9.45. The molecule has 0 radical (unpaired) electrons. The van der Waals surface area contributed by atoms with Crippen molar-refractivity contribution >= 4 is 18.4 Å². The molecule has 0 atom stereocenters. The van der Waals surface area contributed by atoms with Crippen LogP contribution in [-0.2, 0) is 11.3 Å². The van der Waals surface area contributed by atoms with E-state index >= 15 is 0 Å². The Hall–Kier alpha value is -1.85. The highest BCUT2D eigenvalue weighted by Gasteiger charge is 2.27. The third-order valence-corrected chi connectivity index (χ3v) is 5.04. The molecule has 0 unspecified atom stereocenters. The van der Waals surface area contributed by atoms with Gasteiger partial charge in [-0.3, -0.25) is 4.79 Å². The summed E-state index contributed by atoms with van der Waals surface area (Å²) in [4.78, 5) is 12.6. The summed E-state index contributed by atoms with van der Waals surface area (Å²) in [6.45, 7) is 0.452. The summed E-state index contributed by atoms with van der Waals surface area (Å²) in [6, 6.07) is 7.80. The number of ketones is 1. The van der Waals surface area contributed by atoms with Gasteiger partial charge in [0, 0.05) is 29.6 Å². The van der Waals surface area contributed by atoms with Crippen LogP contribution in [0.3, 0.4) is 0 Å². The zero-order chi connectivity index (χ0) is 15.8. The first-order valence-electron chi connectivity index (χ1n) is 8.37. The van der Waals surface area contributed by atoms with E-state index in [0.29, 0.717) is 6.61 Å². The standard InChI is InChI=1S/C18H20BNO3/c21-18(13-4-2-1-3-5-13)14-8-9-20(11-14)16-7-6-15-12-23-19(22)17(15)10-16/h6-11,13,22H,1-5,12H2. The summed E-state index contributed by atoms with van der Waals surface area (Å²) in [5, 5.41) is 9.83. The van der Waals surface area contributed by atoms with E-state index in [4.69, 9.17) is 4.65 Å². The second-order valence-corrected chi connectivity index (χ2v) is 6.55. The summed E-state index contributed by atoms with van der Waals surface area (Å²) >= 11 is 0. The average molecular weight is 309 g/mol. The number of fused-ring (bicyclic) bond motifs is 1. The third-order valence-electron chi connectivity index (χ3n) is 5.04. The van der Waals surface area contributed by atoms with Gasteiger partial charge in [0.05, 0.1) is 6.61 Å². The number of nitrogens with zero attached hydrogens (tertiary/aromatic N) is 1. The lowest BCUT2D eigenvalue weighted by Crippen LogP contribution is -2.28. The predicted molar refractivity (Wildman–Crippen MR) is 89.1 cm³/mol. The summed E-state index contributed by atoms with van der Waals surface area (Å²) in [7, 11) is -0.844. The van der Waals surface area contributed by atoms with E-state index in [2.05, 4.69) is 0 Å². The minimum Gasteiger partial charge on any atom is -0.423 e. The first-order valence-corrected chi connectivity index (χ1v) is 8.37. The summed E-state index contributed by atoms with van der Waals surface area (Å²) in [5.41, 5.74) is 3.56. The van der Waals surface area contributed by atoms with E-state index in [-0.39, 0.29) is 11.7 Å². The Morgan fingerprint density at radius 3 is 2.87 bits per heavy atom. The van der Waals surface area contributed by atoms with Crippen LogP contribution in [0.5, 0.6) is 0 Å². The molecular formula is C18H20BNO3. The van der Waals surface area contributed by atoms with Crippen LogP contribution < -0.4 is 5.46 Å². The second kappa shape index (κ2) is 5.98. The number of Topliss-reactive ketones (excluding diaryl/α,β-unsaturated/α-hetero) is 1. The van der Waals surface area contributed by atoms with Crippen LogP contribution in [-0.4, -0.2) is 22.5 Å². The van der Waals surface area contributed by atoms with Crippen molar-refractivity contribution in [2.24, 2.45) is 5.92 Å². The lowest BCUT2D eigenvalue weighted by Gasteiger charge is -2.19. The molecule has 1 aromatic carbocycles. The molecule has 118 valence electrons. The van der Waals surface area contributed by atoms with Crippen LogP contribution in [0.15, 0.2) is 36.7 Å². The van der Waals surface area contributed by atoms with E-state index in [1.54, 1.807) is 0 Å². The number of rotatable bonds is 3. The van der Waals surface area contributed by atoms with Gasteiger partial charge in [-0.1, -0.05) is 25.3 Å². The Morgan fingerprint density at radius 1 is 1.22 bits per heavy atom. The molecule has 1 aliphatic carbocycles. The van der Waals surface area contributed by atoms with Gasteiger partial charge in [-0.15, -0.1) is 0 Å². The largest absolute Gasteiger partial charge is 0.491 e. The van der Waals surface area contributed by atoms with Crippen LogP contribution in [0.25, 0.3) is 5.69 Å². The van der Waals surface area contributed by atoms with Crippen molar-refractivity contribution in [3.8, 4) is 5.69 Å². The lowest BCUT2D eigenvalue weighted by atomic mass is 9.79. The van der Waals surface area contributed by atoms with Gasteiger partial charge < -0.3 is 14.2 Å². The maximum absolute atomic E-state index is 12.6. The monoisotopic (exact) mass is 309 g/mol. The van der Waals surface area contributed by atoms with E-state index in [9.17, 15) is 9.82 Å². The molecule has 1 saturated carbocycles. The predicted octanol–water partition coefficient (Wildman–Crippen LogP) is 2.46. The number of hydrogen-bond acceptors (Lipinski definition) is 3. The number of benzene rings is 1. The molecule has 4 rings (SSSR count). The fraction of sp³-hybridized carbons (Fsp3) is 0.389. The topological polar surface area (TPSA) is 51.5 Å². The van der Waals surface area contributed by atoms with Crippen LogP contribution in [0.4, 0.5) is 0 Å². The molecule has 1 aliphatic heterocycles. The Kier molecular flexibility index (Phi) is 3.83. The lowest BCUT2D eigenvalue weighted by molar-refractivity contribution is 0.0889. The maximum Gasteiger partial charge on any atom is 0.491 e. The fourth-order valence-corrected chi connectivity index (χ4v) is 3.67. The van der Waals surface area contributed by atoms with E-state index in [1.165, 1.54) is 19.3 Å². The number of carbonyl (C=O) groups is 1. The maximum atomic E-state index is 12.6. The number of hydrogen-bond donors (Lipinski definition) is 1. The molecule has 5 heteroatoms. The Morgan fingerprint density at radius 2 is 2.04 bits per heavy atom. The molecular weight excluding hydrogens is 289 g/mol. The molecule has 0 saturated heterocycles. The van der Waals surface area contributed by atoms with Gasteiger partial charge in [0.15, 0.2) is 5.78 Å². The van der Waals surface area contributed by atoms with Crippen LogP contribution in [0, 0.1) is 5.92 Å². The van der Waals surface area contributed by atoms with Gasteiger partial charge in [0.25, 0.3) is 0 Å². The van der Waals surface area contributed by atoms with Crippen LogP contribution >= 0.6 is 0 Å². The Balaban J connectivity index is 1.58. The highest BCUT2D eigenvalue weighted by Crippen LogP contribution is 2.27. The van der Waals surface area contributed by atoms with Crippen molar-refractivity contribution in [1.29, 1.82) is 0 Å². The molecule has 0 spiro atoms. The average Bonchev–Trinajstić information content (AvgIpc) is 3.22. The van der Waals surface area contributed by atoms with Crippen molar-refractivity contribution < 1.29 is 14.5 Å². The van der Waals surface area contributed by atoms with Gasteiger partial charge in [-0.05, 0) is 42.1 Å². The molecule has 2 aliphatic rings. The van der Waals surface area contributed by atoms with Gasteiger partial charge in [0.2, 0.25) is 0 Å². The molecule has 0 bridgehead atoms. The molecule has 2 aromatic rings. The van der Waals surface area contributed by atoms with E-state index < -0.39 is 7.12 Å². The van der Waals surface area contributed by atoms with Crippen molar-refractivity contribution in [2.45, 2.75) is 38.7 Å². The normalized spacial score (nSPS) is 18.2. The smallest absolute Gasteiger partial charge is 0.423 e. The van der Waals surface area contributed by atoms with Crippen LogP contribution in [0.2, 0.25) is 0 Å². The minimum absolute atomic E-state index is 0.190. The summed E-state index contributed by atoms with van der Waals surface area (Å²) < 4.78 is 7.17. The van der Waals surface area contributed by atoms with Crippen LogP contribution in [0.1, 0.15) is 48.0 Å². The molecule has 23 heavy (non-hydrogen) atoms. The second-order valence-electron chi connectivity index (χ2n) is 6.55. The fourth-order valence-electron chi connectivity index (χ4n) is 3.67. The zero-order valence-electron chi connectivity index (χ0n) is 13.1. The zero-order valence-corrected chi connectivity index (χ0v) is 13.1. The van der Waals surface area contributed by atoms with Crippen molar-refractivity contribution in [1.82, 2.24) is 4.57 Å². The van der Waals surface area contributed by atoms with Crippen molar-refractivity contribution in [3.05, 3.63) is 47.8 Å². The Bertz CT molecular complexity index is 734. The van der Waals surface area contributed by atoms with E-state index in [0.717, 1.165) is 35.1 Å². The van der Waals surface area contributed by atoms with Crippen molar-refractivity contribution in [3.63, 3.8) is 0 Å². The first-order chi connectivity index (χ1) is 11.2. The van der Waals surface area contributed by atoms with Gasteiger partial charge >= 0.3 is 7.12 Å². The van der Waals surface area contributed by atoms with Gasteiger partial charge in [-0.25, -0.2) is 0 Å². The number of carbonyl (C=O) groups excluding carboxylic acids is 1.